The Morgan fingerprint density at radius 3 is 2.65 bits per heavy atom. The molecule has 1 fully saturated rings. The maximum atomic E-state index is 12.2. The van der Waals surface area contributed by atoms with Gasteiger partial charge in [0, 0.05) is 32.0 Å². The van der Waals surface area contributed by atoms with E-state index in [-0.39, 0.29) is 17.6 Å². The van der Waals surface area contributed by atoms with E-state index in [4.69, 9.17) is 0 Å². The molecule has 1 aliphatic carbocycles. The Morgan fingerprint density at radius 2 is 2.06 bits per heavy atom. The van der Waals surface area contributed by atoms with Crippen molar-refractivity contribution in [3.63, 3.8) is 0 Å². The van der Waals surface area contributed by atoms with E-state index < -0.39 is 0 Å². The molecule has 2 rings (SSSR count). The van der Waals surface area contributed by atoms with Crippen LogP contribution in [0.1, 0.15) is 25.7 Å². The molecule has 0 aromatic carbocycles. The Bertz CT molecular complexity index is 407. The highest BCUT2D eigenvalue weighted by molar-refractivity contribution is 5.95. The number of ketones is 1. The van der Waals surface area contributed by atoms with Crippen molar-refractivity contribution in [3.05, 3.63) is 24.4 Å². The first-order valence-corrected chi connectivity index (χ1v) is 5.89. The minimum absolute atomic E-state index is 0.0280. The molecule has 1 saturated carbocycles. The molecule has 1 aromatic rings. The van der Waals surface area contributed by atoms with E-state index in [0.717, 1.165) is 0 Å². The number of amides is 1. The predicted octanol–water partition coefficient (Wildman–Crippen LogP) is 1.80. The molecule has 4 heteroatoms. The van der Waals surface area contributed by atoms with Crippen LogP contribution in [0.15, 0.2) is 24.4 Å². The van der Waals surface area contributed by atoms with Crippen LogP contribution in [0.2, 0.25) is 0 Å². The molecule has 1 aromatic heterocycles. The van der Waals surface area contributed by atoms with Crippen LogP contribution in [0.3, 0.4) is 0 Å². The van der Waals surface area contributed by atoms with Crippen LogP contribution < -0.4 is 4.90 Å². The van der Waals surface area contributed by atoms with Crippen molar-refractivity contribution >= 4 is 17.5 Å². The van der Waals surface area contributed by atoms with Crippen molar-refractivity contribution in [2.24, 2.45) is 5.92 Å². The second-order valence-electron chi connectivity index (χ2n) is 4.40. The van der Waals surface area contributed by atoms with Crippen LogP contribution in [0.4, 0.5) is 5.82 Å². The van der Waals surface area contributed by atoms with Crippen molar-refractivity contribution in [1.29, 1.82) is 0 Å². The van der Waals surface area contributed by atoms with Crippen molar-refractivity contribution < 1.29 is 9.59 Å². The number of anilines is 1. The molecule has 90 valence electrons. The van der Waals surface area contributed by atoms with Crippen molar-refractivity contribution in [2.45, 2.75) is 25.7 Å². The fourth-order valence-corrected chi connectivity index (χ4v) is 2.13. The summed E-state index contributed by atoms with van der Waals surface area (Å²) < 4.78 is 0. The van der Waals surface area contributed by atoms with Gasteiger partial charge in [0.05, 0.1) is 0 Å². The lowest BCUT2D eigenvalue weighted by molar-refractivity contribution is -0.126. The minimum Gasteiger partial charge on any atom is -0.300 e. The molecule has 4 nitrogen and oxygen atoms in total. The Labute approximate surface area is 101 Å². The number of rotatable bonds is 2. The van der Waals surface area contributed by atoms with E-state index in [0.29, 0.717) is 31.5 Å². The summed E-state index contributed by atoms with van der Waals surface area (Å²) in [5, 5.41) is 0. The third-order valence-electron chi connectivity index (χ3n) is 3.22. The first kappa shape index (κ1) is 11.8. The second-order valence-corrected chi connectivity index (χ2v) is 4.40. The zero-order valence-electron chi connectivity index (χ0n) is 9.93. The summed E-state index contributed by atoms with van der Waals surface area (Å²) in [6.07, 6.45) is 4.09. The second kappa shape index (κ2) is 5.08. The highest BCUT2D eigenvalue weighted by atomic mass is 16.2. The molecule has 0 aliphatic heterocycles. The largest absolute Gasteiger partial charge is 0.300 e. The number of hydrogen-bond donors (Lipinski definition) is 0. The van der Waals surface area contributed by atoms with Crippen molar-refractivity contribution in [2.75, 3.05) is 11.9 Å². The number of pyridine rings is 1. The van der Waals surface area contributed by atoms with Gasteiger partial charge >= 0.3 is 0 Å². The summed E-state index contributed by atoms with van der Waals surface area (Å²) in [6, 6.07) is 5.49. The lowest BCUT2D eigenvalue weighted by Crippen LogP contribution is -2.35. The lowest BCUT2D eigenvalue weighted by atomic mass is 9.87. The highest BCUT2D eigenvalue weighted by Gasteiger charge is 2.27. The topological polar surface area (TPSA) is 50.3 Å². The van der Waals surface area contributed by atoms with Crippen LogP contribution in [0, 0.1) is 5.92 Å². The number of nitrogens with zero attached hydrogens (tertiary/aromatic N) is 2. The highest BCUT2D eigenvalue weighted by Crippen LogP contribution is 2.24. The Kier molecular flexibility index (Phi) is 3.52. The normalized spacial score (nSPS) is 16.9. The maximum Gasteiger partial charge on any atom is 0.231 e. The quantitative estimate of drug-likeness (QED) is 0.781. The van der Waals surface area contributed by atoms with E-state index in [1.807, 2.05) is 18.2 Å². The average Bonchev–Trinajstić information content (AvgIpc) is 2.39. The number of carbonyl (C=O) groups is 2. The van der Waals surface area contributed by atoms with Gasteiger partial charge in [-0.05, 0) is 25.0 Å². The first-order valence-electron chi connectivity index (χ1n) is 5.89. The maximum absolute atomic E-state index is 12.2. The SMILES string of the molecule is CN(C(=O)C1CCC(=O)CC1)c1ccccn1. The molecule has 0 radical (unpaired) electrons. The number of hydrogen-bond acceptors (Lipinski definition) is 3. The molecule has 0 atom stereocenters. The van der Waals surface area contributed by atoms with E-state index in [9.17, 15) is 9.59 Å². The zero-order valence-corrected chi connectivity index (χ0v) is 9.93. The minimum atomic E-state index is -0.0280. The Balaban J connectivity index is 2.03. The molecule has 1 aliphatic rings. The van der Waals surface area contributed by atoms with Gasteiger partial charge in [-0.15, -0.1) is 0 Å². The van der Waals surface area contributed by atoms with E-state index >= 15 is 0 Å². The van der Waals surface area contributed by atoms with Crippen LogP contribution in [0.25, 0.3) is 0 Å². The number of carbonyl (C=O) groups excluding carboxylic acids is 2. The van der Waals surface area contributed by atoms with Gasteiger partial charge in [0.1, 0.15) is 11.6 Å². The lowest BCUT2D eigenvalue weighted by Gasteiger charge is -2.25. The molecular formula is C13H16N2O2. The van der Waals surface area contributed by atoms with Gasteiger partial charge < -0.3 is 0 Å². The zero-order chi connectivity index (χ0) is 12.3. The summed E-state index contributed by atoms with van der Waals surface area (Å²) in [5.74, 6) is 0.972. The molecule has 0 N–H and O–H groups in total. The van der Waals surface area contributed by atoms with Crippen molar-refractivity contribution in [1.82, 2.24) is 4.98 Å². The van der Waals surface area contributed by atoms with Crippen LogP contribution >= 0.6 is 0 Å². The molecular weight excluding hydrogens is 216 g/mol. The molecule has 0 bridgehead atoms. The average molecular weight is 232 g/mol. The van der Waals surface area contributed by atoms with Gasteiger partial charge in [0.25, 0.3) is 0 Å². The van der Waals surface area contributed by atoms with E-state index in [1.54, 1.807) is 18.1 Å². The number of Topliss-reactive ketones (excluding diaryl/α,β-unsaturated/α-hetero) is 1. The molecule has 1 amide bonds. The summed E-state index contributed by atoms with van der Waals surface area (Å²) in [4.78, 5) is 29.0. The predicted molar refractivity (Wildman–Crippen MR) is 64.6 cm³/mol. The fraction of sp³-hybridized carbons (Fsp3) is 0.462. The van der Waals surface area contributed by atoms with Gasteiger partial charge in [-0.3, -0.25) is 14.5 Å². The van der Waals surface area contributed by atoms with Crippen molar-refractivity contribution in [3.8, 4) is 0 Å². The molecule has 0 unspecified atom stereocenters. The van der Waals surface area contributed by atoms with Crippen LogP contribution in [0.5, 0.6) is 0 Å². The first-order chi connectivity index (χ1) is 8.18. The third kappa shape index (κ3) is 2.70. The third-order valence-corrected chi connectivity index (χ3v) is 3.22. The van der Waals surface area contributed by atoms with E-state index in [1.165, 1.54) is 0 Å². The molecule has 1 heterocycles. The fourth-order valence-electron chi connectivity index (χ4n) is 2.13. The summed E-state index contributed by atoms with van der Waals surface area (Å²) in [6.45, 7) is 0. The summed E-state index contributed by atoms with van der Waals surface area (Å²) in [5.41, 5.74) is 0. The smallest absolute Gasteiger partial charge is 0.231 e. The van der Waals surface area contributed by atoms with Gasteiger partial charge in [0.2, 0.25) is 5.91 Å². The van der Waals surface area contributed by atoms with Gasteiger partial charge in [-0.25, -0.2) is 4.98 Å². The van der Waals surface area contributed by atoms with Crippen LogP contribution in [-0.2, 0) is 9.59 Å². The van der Waals surface area contributed by atoms with Crippen LogP contribution in [-0.4, -0.2) is 23.7 Å². The standard InChI is InChI=1S/C13H16N2O2/c1-15(12-4-2-3-9-14-12)13(17)10-5-7-11(16)8-6-10/h2-4,9-10H,5-8H2,1H3. The molecule has 0 spiro atoms. The Hall–Kier alpha value is -1.71. The molecule has 17 heavy (non-hydrogen) atoms. The summed E-state index contributed by atoms with van der Waals surface area (Å²) in [7, 11) is 1.74. The van der Waals surface area contributed by atoms with Gasteiger partial charge in [-0.2, -0.15) is 0 Å². The monoisotopic (exact) mass is 232 g/mol. The van der Waals surface area contributed by atoms with E-state index in [2.05, 4.69) is 4.98 Å². The van der Waals surface area contributed by atoms with Gasteiger partial charge in [-0.1, -0.05) is 6.07 Å². The summed E-state index contributed by atoms with van der Waals surface area (Å²) >= 11 is 0. The molecule has 0 saturated heterocycles. The number of aromatic nitrogens is 1. The van der Waals surface area contributed by atoms with Gasteiger partial charge in [0.15, 0.2) is 0 Å². The Morgan fingerprint density at radius 1 is 1.35 bits per heavy atom.